The van der Waals surface area contributed by atoms with Crippen molar-refractivity contribution in [1.29, 1.82) is 0 Å². The molecule has 0 fully saturated rings. The maximum absolute atomic E-state index is 6.05. The first-order chi connectivity index (χ1) is 10.8. The molecule has 3 N–H and O–H groups in total. The number of para-hydroxylation sites is 1. The molecule has 0 bridgehead atoms. The molecule has 0 aliphatic rings. The number of anilines is 1. The van der Waals surface area contributed by atoms with Gasteiger partial charge in [-0.05, 0) is 43.0 Å². The number of nitrogens with zero attached hydrogens (tertiary/aromatic N) is 2. The van der Waals surface area contributed by atoms with Crippen LogP contribution in [-0.4, -0.2) is 16.3 Å². The SMILES string of the molecule is Nc1cc(CCCNCc2cccs2)nn1-c1ccccc1. The second kappa shape index (κ2) is 7.24. The topological polar surface area (TPSA) is 55.9 Å². The van der Waals surface area contributed by atoms with Gasteiger partial charge in [0.05, 0.1) is 11.4 Å². The molecular formula is C17H20N4S. The Morgan fingerprint density at radius 2 is 2.00 bits per heavy atom. The number of hydrogen-bond acceptors (Lipinski definition) is 4. The Bertz CT molecular complexity index is 689. The van der Waals surface area contributed by atoms with Crippen LogP contribution in [0.2, 0.25) is 0 Å². The van der Waals surface area contributed by atoms with E-state index in [0.717, 1.165) is 37.3 Å². The van der Waals surface area contributed by atoms with Gasteiger partial charge in [-0.3, -0.25) is 0 Å². The molecule has 0 unspecified atom stereocenters. The van der Waals surface area contributed by atoms with E-state index in [9.17, 15) is 0 Å². The third kappa shape index (κ3) is 3.75. The average Bonchev–Trinajstić information content (AvgIpc) is 3.17. The van der Waals surface area contributed by atoms with Crippen molar-refractivity contribution in [3.8, 4) is 5.69 Å². The molecule has 2 aromatic heterocycles. The zero-order valence-corrected chi connectivity index (χ0v) is 13.2. The number of aromatic nitrogens is 2. The summed E-state index contributed by atoms with van der Waals surface area (Å²) in [6, 6.07) is 16.2. The van der Waals surface area contributed by atoms with Crippen LogP contribution < -0.4 is 11.1 Å². The quantitative estimate of drug-likeness (QED) is 0.659. The average molecular weight is 312 g/mol. The van der Waals surface area contributed by atoms with Crippen LogP contribution in [0.4, 0.5) is 5.82 Å². The Labute approximate surface area is 134 Å². The summed E-state index contributed by atoms with van der Waals surface area (Å²) in [5, 5.41) is 10.2. The largest absolute Gasteiger partial charge is 0.384 e. The molecule has 3 aromatic rings. The summed E-state index contributed by atoms with van der Waals surface area (Å²) in [4.78, 5) is 1.37. The minimum Gasteiger partial charge on any atom is -0.384 e. The van der Waals surface area contributed by atoms with Gasteiger partial charge in [0.25, 0.3) is 0 Å². The number of benzene rings is 1. The lowest BCUT2D eigenvalue weighted by Crippen LogP contribution is -2.14. The highest BCUT2D eigenvalue weighted by molar-refractivity contribution is 7.09. The van der Waals surface area contributed by atoms with Crippen molar-refractivity contribution in [2.75, 3.05) is 12.3 Å². The standard InChI is InChI=1S/C17H20N4S/c18-17-12-14(20-21(17)15-7-2-1-3-8-15)6-4-10-19-13-16-9-5-11-22-16/h1-3,5,7-9,11-12,19H,4,6,10,13,18H2. The predicted octanol–water partition coefficient (Wildman–Crippen LogP) is 3.24. The van der Waals surface area contributed by atoms with Gasteiger partial charge in [-0.1, -0.05) is 24.3 Å². The third-order valence-electron chi connectivity index (χ3n) is 3.45. The smallest absolute Gasteiger partial charge is 0.127 e. The van der Waals surface area contributed by atoms with Crippen LogP contribution in [0.5, 0.6) is 0 Å². The summed E-state index contributed by atoms with van der Waals surface area (Å²) >= 11 is 1.79. The summed E-state index contributed by atoms with van der Waals surface area (Å²) in [5.41, 5.74) is 8.10. The second-order valence-corrected chi connectivity index (χ2v) is 6.20. The van der Waals surface area contributed by atoms with E-state index >= 15 is 0 Å². The van der Waals surface area contributed by atoms with Gasteiger partial charge in [0, 0.05) is 17.5 Å². The Balaban J connectivity index is 1.49. The van der Waals surface area contributed by atoms with Crippen LogP contribution >= 0.6 is 11.3 Å². The molecule has 0 saturated heterocycles. The van der Waals surface area contributed by atoms with Gasteiger partial charge in [0.1, 0.15) is 5.82 Å². The van der Waals surface area contributed by atoms with Crippen LogP contribution in [0.1, 0.15) is 17.0 Å². The van der Waals surface area contributed by atoms with Gasteiger partial charge in [-0.25, -0.2) is 4.68 Å². The maximum atomic E-state index is 6.05. The van der Waals surface area contributed by atoms with Crippen LogP contribution in [0, 0.1) is 0 Å². The van der Waals surface area contributed by atoms with Crippen molar-refractivity contribution in [3.05, 3.63) is 64.5 Å². The zero-order chi connectivity index (χ0) is 15.2. The maximum Gasteiger partial charge on any atom is 0.127 e. The first-order valence-electron chi connectivity index (χ1n) is 7.46. The molecule has 2 heterocycles. The number of nitrogens with one attached hydrogen (secondary N) is 1. The van der Waals surface area contributed by atoms with Gasteiger partial charge < -0.3 is 11.1 Å². The highest BCUT2D eigenvalue weighted by Gasteiger charge is 2.06. The molecule has 1 aromatic carbocycles. The van der Waals surface area contributed by atoms with Gasteiger partial charge in [0.15, 0.2) is 0 Å². The van der Waals surface area contributed by atoms with E-state index in [2.05, 4.69) is 27.9 Å². The van der Waals surface area contributed by atoms with Crippen molar-refractivity contribution >= 4 is 17.2 Å². The Morgan fingerprint density at radius 3 is 2.77 bits per heavy atom. The Hall–Kier alpha value is -2.11. The summed E-state index contributed by atoms with van der Waals surface area (Å²) in [6.07, 6.45) is 1.98. The van der Waals surface area contributed by atoms with Crippen LogP contribution in [0.15, 0.2) is 53.9 Å². The van der Waals surface area contributed by atoms with Crippen molar-refractivity contribution in [2.45, 2.75) is 19.4 Å². The monoisotopic (exact) mass is 312 g/mol. The lowest BCUT2D eigenvalue weighted by Gasteiger charge is -2.03. The zero-order valence-electron chi connectivity index (χ0n) is 12.4. The van der Waals surface area contributed by atoms with Crippen molar-refractivity contribution in [1.82, 2.24) is 15.1 Å². The fraction of sp³-hybridized carbons (Fsp3) is 0.235. The molecule has 5 heteroatoms. The van der Waals surface area contributed by atoms with E-state index in [1.54, 1.807) is 16.0 Å². The molecular weight excluding hydrogens is 292 g/mol. The van der Waals surface area contributed by atoms with Gasteiger partial charge in [-0.2, -0.15) is 5.10 Å². The molecule has 114 valence electrons. The second-order valence-electron chi connectivity index (χ2n) is 5.17. The first-order valence-corrected chi connectivity index (χ1v) is 8.34. The van der Waals surface area contributed by atoms with E-state index in [4.69, 9.17) is 5.73 Å². The summed E-state index contributed by atoms with van der Waals surface area (Å²) in [7, 11) is 0. The van der Waals surface area contributed by atoms with Crippen LogP contribution in [0.25, 0.3) is 5.69 Å². The van der Waals surface area contributed by atoms with E-state index in [1.807, 2.05) is 36.4 Å². The molecule has 0 saturated carbocycles. The minimum atomic E-state index is 0.688. The van der Waals surface area contributed by atoms with E-state index in [-0.39, 0.29) is 0 Å². The number of aryl methyl sites for hydroxylation is 1. The van der Waals surface area contributed by atoms with Crippen molar-refractivity contribution in [2.24, 2.45) is 0 Å². The number of rotatable bonds is 7. The van der Waals surface area contributed by atoms with Gasteiger partial charge >= 0.3 is 0 Å². The molecule has 22 heavy (non-hydrogen) atoms. The lowest BCUT2D eigenvalue weighted by atomic mass is 10.2. The van der Waals surface area contributed by atoms with E-state index in [0.29, 0.717) is 5.82 Å². The molecule has 0 amide bonds. The Kier molecular flexibility index (Phi) is 4.88. The van der Waals surface area contributed by atoms with Gasteiger partial charge in [-0.15, -0.1) is 11.3 Å². The minimum absolute atomic E-state index is 0.688. The summed E-state index contributed by atoms with van der Waals surface area (Å²) < 4.78 is 1.80. The van der Waals surface area contributed by atoms with Crippen LogP contribution in [-0.2, 0) is 13.0 Å². The van der Waals surface area contributed by atoms with E-state index < -0.39 is 0 Å². The predicted molar refractivity (Wildman–Crippen MR) is 92.3 cm³/mol. The number of hydrogen-bond donors (Lipinski definition) is 2. The van der Waals surface area contributed by atoms with Crippen molar-refractivity contribution in [3.63, 3.8) is 0 Å². The van der Waals surface area contributed by atoms with Crippen LogP contribution in [0.3, 0.4) is 0 Å². The summed E-state index contributed by atoms with van der Waals surface area (Å²) in [5.74, 6) is 0.688. The fourth-order valence-electron chi connectivity index (χ4n) is 2.36. The highest BCUT2D eigenvalue weighted by Crippen LogP contribution is 2.15. The molecule has 0 radical (unpaired) electrons. The normalized spacial score (nSPS) is 10.9. The van der Waals surface area contributed by atoms with Crippen molar-refractivity contribution < 1.29 is 0 Å². The number of thiophene rings is 1. The van der Waals surface area contributed by atoms with E-state index in [1.165, 1.54) is 4.88 Å². The highest BCUT2D eigenvalue weighted by atomic mass is 32.1. The molecule has 0 aliphatic heterocycles. The number of nitrogens with two attached hydrogens (primary N) is 1. The molecule has 0 spiro atoms. The Morgan fingerprint density at radius 1 is 1.14 bits per heavy atom. The molecule has 0 atom stereocenters. The van der Waals surface area contributed by atoms with Gasteiger partial charge in [0.2, 0.25) is 0 Å². The molecule has 3 rings (SSSR count). The first kappa shape index (κ1) is 14.8. The fourth-order valence-corrected chi connectivity index (χ4v) is 3.04. The number of nitrogen functional groups attached to an aromatic ring is 1. The summed E-state index contributed by atoms with van der Waals surface area (Å²) in [6.45, 7) is 1.92. The molecule has 4 nitrogen and oxygen atoms in total. The lowest BCUT2D eigenvalue weighted by molar-refractivity contribution is 0.646. The molecule has 0 aliphatic carbocycles. The third-order valence-corrected chi connectivity index (χ3v) is 4.33.